The average Bonchev–Trinajstić information content (AvgIpc) is 2.83. The van der Waals surface area contributed by atoms with Crippen molar-refractivity contribution in [1.29, 1.82) is 0 Å². The molecule has 0 fully saturated rings. The summed E-state index contributed by atoms with van der Waals surface area (Å²) in [6, 6.07) is 8.73. The Morgan fingerprint density at radius 1 is 1.17 bits per heavy atom. The van der Waals surface area contributed by atoms with Gasteiger partial charge in [-0.05, 0) is 31.9 Å². The second-order valence-corrected chi connectivity index (χ2v) is 5.69. The van der Waals surface area contributed by atoms with E-state index < -0.39 is 17.8 Å². The van der Waals surface area contributed by atoms with E-state index in [0.717, 1.165) is 0 Å². The maximum absolute atomic E-state index is 12.4. The number of aryl methyl sites for hydroxylation is 1. The number of amides is 1. The predicted octanol–water partition coefficient (Wildman–Crippen LogP) is 2.43. The highest BCUT2D eigenvalue weighted by atomic mass is 16.4. The van der Waals surface area contributed by atoms with Crippen LogP contribution in [0.4, 0.5) is 0 Å². The molecule has 0 aliphatic rings. The van der Waals surface area contributed by atoms with Gasteiger partial charge in [0.25, 0.3) is 5.91 Å². The van der Waals surface area contributed by atoms with Crippen molar-refractivity contribution in [2.45, 2.75) is 26.7 Å². The Morgan fingerprint density at radius 2 is 1.79 bits per heavy atom. The number of aromatic nitrogens is 1. The minimum absolute atomic E-state index is 0.0366. The molecular formula is C18H20N2O4. The number of aromatic amines is 1. The molecule has 0 spiro atoms. The molecule has 24 heavy (non-hydrogen) atoms. The Morgan fingerprint density at radius 3 is 2.29 bits per heavy atom. The molecule has 0 bridgehead atoms. The molecule has 1 heterocycles. The summed E-state index contributed by atoms with van der Waals surface area (Å²) in [6.45, 7) is 4.83. The van der Waals surface area contributed by atoms with Gasteiger partial charge in [-0.15, -0.1) is 0 Å². The number of hydrogen-bond acceptors (Lipinski definition) is 3. The van der Waals surface area contributed by atoms with Crippen LogP contribution in [0.1, 0.15) is 50.5 Å². The molecule has 2 rings (SSSR count). The van der Waals surface area contributed by atoms with Gasteiger partial charge < -0.3 is 15.4 Å². The Labute approximate surface area is 139 Å². The first-order chi connectivity index (χ1) is 11.3. The van der Waals surface area contributed by atoms with Gasteiger partial charge in [-0.3, -0.25) is 14.4 Å². The van der Waals surface area contributed by atoms with Crippen LogP contribution < -0.4 is 5.32 Å². The second kappa shape index (κ2) is 7.12. The predicted molar refractivity (Wildman–Crippen MR) is 89.4 cm³/mol. The number of nitrogens with one attached hydrogen (secondary N) is 2. The van der Waals surface area contributed by atoms with Gasteiger partial charge in [0.05, 0.1) is 5.92 Å². The third-order valence-corrected chi connectivity index (χ3v) is 3.98. The van der Waals surface area contributed by atoms with E-state index in [1.165, 1.54) is 6.92 Å². The molecule has 1 atom stereocenters. The zero-order chi connectivity index (χ0) is 17.9. The first-order valence-electron chi connectivity index (χ1n) is 7.59. The molecule has 1 unspecified atom stereocenters. The summed E-state index contributed by atoms with van der Waals surface area (Å²) >= 11 is 0. The third kappa shape index (κ3) is 3.53. The zero-order valence-electron chi connectivity index (χ0n) is 13.8. The van der Waals surface area contributed by atoms with Gasteiger partial charge in [-0.1, -0.05) is 30.3 Å². The van der Waals surface area contributed by atoms with E-state index >= 15 is 0 Å². The molecule has 3 N–H and O–H groups in total. The topological polar surface area (TPSA) is 99.3 Å². The fourth-order valence-electron chi connectivity index (χ4n) is 2.82. The number of ketones is 1. The molecule has 126 valence electrons. The number of carboxylic acid groups (broad SMARTS) is 1. The van der Waals surface area contributed by atoms with Gasteiger partial charge in [0.15, 0.2) is 5.78 Å². The average molecular weight is 328 g/mol. The summed E-state index contributed by atoms with van der Waals surface area (Å²) in [6.07, 6.45) is 0. The summed E-state index contributed by atoms with van der Waals surface area (Å²) in [5, 5.41) is 12.0. The van der Waals surface area contributed by atoms with Crippen molar-refractivity contribution in [1.82, 2.24) is 10.3 Å². The molecule has 6 heteroatoms. The number of carbonyl (C=O) groups excluding carboxylic acids is 2. The molecule has 0 saturated heterocycles. The van der Waals surface area contributed by atoms with E-state index in [4.69, 9.17) is 0 Å². The van der Waals surface area contributed by atoms with E-state index in [1.807, 2.05) is 0 Å². The van der Waals surface area contributed by atoms with Gasteiger partial charge in [-0.2, -0.15) is 0 Å². The third-order valence-electron chi connectivity index (χ3n) is 3.98. The highest BCUT2D eigenvalue weighted by molar-refractivity contribution is 6.02. The van der Waals surface area contributed by atoms with Crippen molar-refractivity contribution in [2.75, 3.05) is 6.54 Å². The molecule has 0 saturated carbocycles. The number of carbonyl (C=O) groups is 3. The molecule has 0 aliphatic heterocycles. The quantitative estimate of drug-likeness (QED) is 0.709. The number of benzene rings is 1. The lowest BCUT2D eigenvalue weighted by atomic mass is 9.99. The monoisotopic (exact) mass is 328 g/mol. The highest BCUT2D eigenvalue weighted by Gasteiger charge is 2.23. The van der Waals surface area contributed by atoms with Gasteiger partial charge in [0, 0.05) is 17.8 Å². The van der Waals surface area contributed by atoms with Gasteiger partial charge >= 0.3 is 5.97 Å². The van der Waals surface area contributed by atoms with Gasteiger partial charge in [-0.25, -0.2) is 0 Å². The van der Waals surface area contributed by atoms with Crippen molar-refractivity contribution >= 4 is 17.7 Å². The molecule has 6 nitrogen and oxygen atoms in total. The first kappa shape index (κ1) is 17.5. The molecular weight excluding hydrogens is 308 g/mol. The van der Waals surface area contributed by atoms with Crippen LogP contribution in [0, 0.1) is 13.8 Å². The summed E-state index contributed by atoms with van der Waals surface area (Å²) < 4.78 is 0. The normalized spacial score (nSPS) is 11.8. The van der Waals surface area contributed by atoms with Crippen LogP contribution in [0.3, 0.4) is 0 Å². The second-order valence-electron chi connectivity index (χ2n) is 5.69. The van der Waals surface area contributed by atoms with Crippen molar-refractivity contribution in [3.8, 4) is 0 Å². The standard InChI is InChI=1S/C18H20N2O4/c1-10-15(12(3)21)11(2)20-16(10)17(22)19-9-14(18(23)24)13-7-5-4-6-8-13/h4-8,14,20H,9H2,1-3H3,(H,19,22)(H,23,24). The number of rotatable bonds is 6. The molecule has 1 aromatic heterocycles. The van der Waals surface area contributed by atoms with E-state index in [2.05, 4.69) is 10.3 Å². The number of Topliss-reactive ketones (excluding diaryl/α,β-unsaturated/α-hetero) is 1. The molecule has 1 amide bonds. The van der Waals surface area contributed by atoms with E-state index in [9.17, 15) is 19.5 Å². The lowest BCUT2D eigenvalue weighted by molar-refractivity contribution is -0.138. The van der Waals surface area contributed by atoms with Crippen LogP contribution in [-0.4, -0.2) is 34.3 Å². The highest BCUT2D eigenvalue weighted by Crippen LogP contribution is 2.19. The van der Waals surface area contributed by atoms with Crippen molar-refractivity contribution in [2.24, 2.45) is 0 Å². The maximum Gasteiger partial charge on any atom is 0.312 e. The van der Waals surface area contributed by atoms with Crippen LogP contribution >= 0.6 is 0 Å². The SMILES string of the molecule is CC(=O)c1c(C)[nH]c(C(=O)NCC(C(=O)O)c2ccccc2)c1C. The molecule has 0 radical (unpaired) electrons. The van der Waals surface area contributed by atoms with Crippen molar-refractivity contribution in [3.05, 3.63) is 58.4 Å². The summed E-state index contributed by atoms with van der Waals surface area (Å²) in [5.74, 6) is -2.39. The van der Waals surface area contributed by atoms with E-state index in [-0.39, 0.29) is 18.0 Å². The molecule has 1 aromatic carbocycles. The van der Waals surface area contributed by atoms with Crippen LogP contribution in [0.15, 0.2) is 30.3 Å². The van der Waals surface area contributed by atoms with Gasteiger partial charge in [0.1, 0.15) is 5.69 Å². The lowest BCUT2D eigenvalue weighted by Gasteiger charge is -2.13. The Balaban J connectivity index is 2.16. The zero-order valence-corrected chi connectivity index (χ0v) is 13.8. The number of carboxylic acids is 1. The fourth-order valence-corrected chi connectivity index (χ4v) is 2.82. The van der Waals surface area contributed by atoms with Crippen LogP contribution in [0.5, 0.6) is 0 Å². The number of hydrogen-bond donors (Lipinski definition) is 3. The van der Waals surface area contributed by atoms with Crippen LogP contribution in [0.25, 0.3) is 0 Å². The maximum atomic E-state index is 12.4. The fraction of sp³-hybridized carbons (Fsp3) is 0.278. The van der Waals surface area contributed by atoms with Crippen molar-refractivity contribution in [3.63, 3.8) is 0 Å². The van der Waals surface area contributed by atoms with Crippen LogP contribution in [0.2, 0.25) is 0 Å². The lowest BCUT2D eigenvalue weighted by Crippen LogP contribution is -2.32. The summed E-state index contributed by atoms with van der Waals surface area (Å²) in [5.41, 5.74) is 2.61. The number of aliphatic carboxylic acids is 1. The minimum Gasteiger partial charge on any atom is -0.481 e. The first-order valence-corrected chi connectivity index (χ1v) is 7.59. The largest absolute Gasteiger partial charge is 0.481 e. The van der Waals surface area contributed by atoms with Crippen LogP contribution in [-0.2, 0) is 4.79 Å². The Kier molecular flexibility index (Phi) is 5.18. The van der Waals surface area contributed by atoms with Gasteiger partial charge in [0.2, 0.25) is 0 Å². The number of H-pyrrole nitrogens is 1. The van der Waals surface area contributed by atoms with Crippen molar-refractivity contribution < 1.29 is 19.5 Å². The molecule has 0 aliphatic carbocycles. The minimum atomic E-state index is -1.01. The summed E-state index contributed by atoms with van der Waals surface area (Å²) in [7, 11) is 0. The Bertz CT molecular complexity index is 778. The Hall–Kier alpha value is -2.89. The smallest absolute Gasteiger partial charge is 0.312 e. The molecule has 2 aromatic rings. The van der Waals surface area contributed by atoms with E-state index in [1.54, 1.807) is 44.2 Å². The van der Waals surface area contributed by atoms with E-state index in [0.29, 0.717) is 22.4 Å². The summed E-state index contributed by atoms with van der Waals surface area (Å²) in [4.78, 5) is 38.4.